The first-order valence-corrected chi connectivity index (χ1v) is 10.5. The van der Waals surface area contributed by atoms with Gasteiger partial charge in [0.05, 0.1) is 11.2 Å². The number of benzene rings is 2. The molecule has 0 spiro atoms. The Kier molecular flexibility index (Phi) is 6.18. The summed E-state index contributed by atoms with van der Waals surface area (Å²) in [6, 6.07) is 21.8. The molecule has 0 saturated carbocycles. The van der Waals surface area contributed by atoms with Crippen molar-refractivity contribution < 1.29 is 4.74 Å². The Labute approximate surface area is 183 Å². The van der Waals surface area contributed by atoms with Crippen LogP contribution in [0.2, 0.25) is 0 Å². The Morgan fingerprint density at radius 3 is 2.48 bits per heavy atom. The van der Waals surface area contributed by atoms with E-state index in [0.29, 0.717) is 5.82 Å². The number of rotatable bonds is 6. The van der Waals surface area contributed by atoms with Gasteiger partial charge >= 0.3 is 0 Å². The maximum absolute atomic E-state index is 6.24. The molecule has 0 aliphatic carbocycles. The van der Waals surface area contributed by atoms with Crippen molar-refractivity contribution in [3.05, 3.63) is 102 Å². The van der Waals surface area contributed by atoms with Gasteiger partial charge in [0.25, 0.3) is 0 Å². The molecule has 2 heterocycles. The summed E-state index contributed by atoms with van der Waals surface area (Å²) in [5, 5.41) is 1.01. The molecule has 4 rings (SSSR count). The number of para-hydroxylation sites is 2. The van der Waals surface area contributed by atoms with Crippen LogP contribution < -0.4 is 4.74 Å². The predicted molar refractivity (Wildman–Crippen MR) is 127 cm³/mol. The summed E-state index contributed by atoms with van der Waals surface area (Å²) < 4.78 is 6.24. The molecule has 0 bridgehead atoms. The molecule has 0 amide bonds. The smallest absolute Gasteiger partial charge is 0.178 e. The molecule has 0 aliphatic rings. The number of hydrogen-bond acceptors (Lipinski definition) is 4. The predicted octanol–water partition coefficient (Wildman–Crippen LogP) is 6.78. The second kappa shape index (κ2) is 9.35. The van der Waals surface area contributed by atoms with E-state index in [1.54, 1.807) is 0 Å². The van der Waals surface area contributed by atoms with Gasteiger partial charge in [0.15, 0.2) is 5.82 Å². The highest BCUT2D eigenvalue weighted by Crippen LogP contribution is 2.29. The van der Waals surface area contributed by atoms with E-state index in [2.05, 4.69) is 31.0 Å². The zero-order valence-electron chi connectivity index (χ0n) is 18.0. The van der Waals surface area contributed by atoms with E-state index in [1.165, 1.54) is 0 Å². The van der Waals surface area contributed by atoms with E-state index in [0.717, 1.165) is 51.4 Å². The molecule has 0 N–H and O–H groups in total. The van der Waals surface area contributed by atoms with Crippen molar-refractivity contribution in [2.75, 3.05) is 0 Å². The molecular formula is C27H25N3O. The lowest BCUT2D eigenvalue weighted by Gasteiger charge is -2.16. The molecule has 4 heteroatoms. The van der Waals surface area contributed by atoms with Gasteiger partial charge in [-0.1, -0.05) is 55.5 Å². The highest BCUT2D eigenvalue weighted by atomic mass is 16.5. The minimum atomic E-state index is 0.611. The first-order chi connectivity index (χ1) is 15.2. The largest absolute Gasteiger partial charge is 0.457 e. The van der Waals surface area contributed by atoms with E-state index >= 15 is 0 Å². The lowest BCUT2D eigenvalue weighted by Crippen LogP contribution is -2.04. The van der Waals surface area contributed by atoms with Gasteiger partial charge in [-0.3, -0.25) is 0 Å². The first-order valence-electron chi connectivity index (χ1n) is 10.5. The van der Waals surface area contributed by atoms with Gasteiger partial charge in [-0.25, -0.2) is 15.0 Å². The molecule has 0 saturated heterocycles. The molecule has 0 radical (unpaired) electrons. The van der Waals surface area contributed by atoms with Gasteiger partial charge in [0.1, 0.15) is 17.2 Å². The molecular weight excluding hydrogens is 382 g/mol. The van der Waals surface area contributed by atoms with Gasteiger partial charge < -0.3 is 4.74 Å². The van der Waals surface area contributed by atoms with Gasteiger partial charge in [0.2, 0.25) is 0 Å². The lowest BCUT2D eigenvalue weighted by atomic mass is 10.0. The van der Waals surface area contributed by atoms with Crippen molar-refractivity contribution in [1.82, 2.24) is 15.0 Å². The molecule has 2 aromatic carbocycles. The zero-order valence-corrected chi connectivity index (χ0v) is 18.0. The quantitative estimate of drug-likeness (QED) is 0.261. The fourth-order valence-corrected chi connectivity index (χ4v) is 3.42. The monoisotopic (exact) mass is 407 g/mol. The van der Waals surface area contributed by atoms with E-state index in [4.69, 9.17) is 14.7 Å². The topological polar surface area (TPSA) is 47.9 Å². The summed E-state index contributed by atoms with van der Waals surface area (Å²) in [5.74, 6) is 2.21. The number of hydrogen-bond donors (Lipinski definition) is 0. The van der Waals surface area contributed by atoms with Crippen LogP contribution in [0.5, 0.6) is 5.75 Å². The van der Waals surface area contributed by atoms with Crippen LogP contribution in [-0.2, 0) is 0 Å². The minimum Gasteiger partial charge on any atom is -0.457 e. The average molecular weight is 408 g/mol. The van der Waals surface area contributed by atoms with Crippen LogP contribution in [0.1, 0.15) is 31.5 Å². The summed E-state index contributed by atoms with van der Waals surface area (Å²) in [7, 11) is 0. The molecule has 0 aliphatic heterocycles. The normalized spacial score (nSPS) is 12.2. The SMILES string of the molecule is C/C=C(\C(=C/CC)Oc1ccccc1)c1nc(-c2ncc3ccccc3n2)ccc1C. The maximum atomic E-state index is 6.24. The number of aromatic nitrogens is 3. The number of fused-ring (bicyclic) bond motifs is 1. The van der Waals surface area contributed by atoms with Crippen LogP contribution in [0.4, 0.5) is 0 Å². The number of aryl methyl sites for hydroxylation is 1. The standard InChI is InChI=1S/C27H25N3O/c1-4-11-25(31-21-13-7-6-8-14-21)22(5-2)26-19(3)16-17-24(29-26)27-28-18-20-12-9-10-15-23(20)30-27/h5-18H,4H2,1-3H3/b22-5+,25-11+. The van der Waals surface area contributed by atoms with Crippen molar-refractivity contribution in [3.8, 4) is 17.3 Å². The van der Waals surface area contributed by atoms with Crippen LogP contribution in [-0.4, -0.2) is 15.0 Å². The average Bonchev–Trinajstić information content (AvgIpc) is 2.81. The number of allylic oxidation sites excluding steroid dienone is 3. The summed E-state index contributed by atoms with van der Waals surface area (Å²) in [5.41, 5.74) is 4.53. The third-order valence-electron chi connectivity index (χ3n) is 4.98. The zero-order chi connectivity index (χ0) is 21.6. The molecule has 0 unspecified atom stereocenters. The third kappa shape index (κ3) is 4.53. The van der Waals surface area contributed by atoms with Crippen molar-refractivity contribution in [2.45, 2.75) is 27.2 Å². The van der Waals surface area contributed by atoms with Crippen molar-refractivity contribution in [1.29, 1.82) is 0 Å². The number of pyridine rings is 1. The van der Waals surface area contributed by atoms with Crippen LogP contribution in [0.3, 0.4) is 0 Å². The van der Waals surface area contributed by atoms with Crippen LogP contribution in [0.25, 0.3) is 28.0 Å². The van der Waals surface area contributed by atoms with Gasteiger partial charge in [-0.05, 0) is 56.2 Å². The summed E-state index contributed by atoms with van der Waals surface area (Å²) in [6.45, 7) is 6.16. The Hall–Kier alpha value is -3.79. The Morgan fingerprint density at radius 2 is 1.71 bits per heavy atom. The fraction of sp³-hybridized carbons (Fsp3) is 0.148. The van der Waals surface area contributed by atoms with E-state index in [1.807, 2.05) is 79.9 Å². The van der Waals surface area contributed by atoms with Gasteiger partial charge in [-0.15, -0.1) is 0 Å². The Bertz CT molecular complexity index is 1260. The lowest BCUT2D eigenvalue weighted by molar-refractivity contribution is 0.446. The van der Waals surface area contributed by atoms with E-state index < -0.39 is 0 Å². The maximum Gasteiger partial charge on any atom is 0.178 e. The van der Waals surface area contributed by atoms with Gasteiger partial charge in [-0.2, -0.15) is 0 Å². The third-order valence-corrected chi connectivity index (χ3v) is 4.98. The molecule has 154 valence electrons. The van der Waals surface area contributed by atoms with Crippen LogP contribution in [0.15, 0.2) is 90.8 Å². The highest BCUT2D eigenvalue weighted by Gasteiger charge is 2.16. The number of ether oxygens (including phenoxy) is 1. The van der Waals surface area contributed by atoms with Gasteiger partial charge in [0, 0.05) is 17.2 Å². The summed E-state index contributed by atoms with van der Waals surface area (Å²) >= 11 is 0. The number of nitrogens with zero attached hydrogens (tertiary/aromatic N) is 3. The molecule has 4 nitrogen and oxygen atoms in total. The highest BCUT2D eigenvalue weighted by molar-refractivity contribution is 5.80. The van der Waals surface area contributed by atoms with Crippen molar-refractivity contribution in [2.24, 2.45) is 0 Å². The minimum absolute atomic E-state index is 0.611. The molecule has 31 heavy (non-hydrogen) atoms. The molecule has 2 aromatic heterocycles. The second-order valence-electron chi connectivity index (χ2n) is 7.21. The first kappa shape index (κ1) is 20.5. The van der Waals surface area contributed by atoms with E-state index in [9.17, 15) is 0 Å². The molecule has 0 atom stereocenters. The molecule has 4 aromatic rings. The summed E-state index contributed by atoms with van der Waals surface area (Å²) in [6.07, 6.45) is 6.83. The van der Waals surface area contributed by atoms with Crippen molar-refractivity contribution in [3.63, 3.8) is 0 Å². The van der Waals surface area contributed by atoms with E-state index in [-0.39, 0.29) is 0 Å². The Morgan fingerprint density at radius 1 is 0.935 bits per heavy atom. The van der Waals surface area contributed by atoms with Crippen LogP contribution >= 0.6 is 0 Å². The second-order valence-corrected chi connectivity index (χ2v) is 7.21. The van der Waals surface area contributed by atoms with Crippen LogP contribution in [0, 0.1) is 6.92 Å². The Balaban J connectivity index is 1.75. The molecule has 0 fully saturated rings. The van der Waals surface area contributed by atoms with Crippen molar-refractivity contribution >= 4 is 16.5 Å². The summed E-state index contributed by atoms with van der Waals surface area (Å²) in [4.78, 5) is 14.2. The fourth-order valence-electron chi connectivity index (χ4n) is 3.42.